The number of fused-ring (bicyclic) bond motifs is 3. The van der Waals surface area contributed by atoms with Crippen LogP contribution in [0.1, 0.15) is 0 Å². The highest BCUT2D eigenvalue weighted by Gasteiger charge is 1.99. The van der Waals surface area contributed by atoms with E-state index in [2.05, 4.69) is 15.1 Å². The molecule has 3 heterocycles. The van der Waals surface area contributed by atoms with E-state index in [1.807, 2.05) is 18.3 Å². The second kappa shape index (κ2) is 2.26. The summed E-state index contributed by atoms with van der Waals surface area (Å²) in [5.74, 6) is 0. The molecular weight excluding hydrogens is 164 g/mol. The first-order valence-electron chi connectivity index (χ1n) is 3.97. The van der Waals surface area contributed by atoms with E-state index in [1.54, 1.807) is 23.1 Å². The molecule has 0 saturated heterocycles. The molecule has 3 aromatic rings. The van der Waals surface area contributed by atoms with Crippen molar-refractivity contribution < 1.29 is 0 Å². The average molecular weight is 170 g/mol. The van der Waals surface area contributed by atoms with Gasteiger partial charge in [-0.15, -0.1) is 0 Å². The van der Waals surface area contributed by atoms with Crippen molar-refractivity contribution in [1.29, 1.82) is 0 Å². The van der Waals surface area contributed by atoms with Crippen molar-refractivity contribution in [2.45, 2.75) is 0 Å². The van der Waals surface area contributed by atoms with E-state index in [1.165, 1.54) is 0 Å². The predicted octanol–water partition coefficient (Wildman–Crippen LogP) is 1.28. The van der Waals surface area contributed by atoms with Gasteiger partial charge in [-0.2, -0.15) is 5.10 Å². The normalized spacial score (nSPS) is 11.1. The van der Waals surface area contributed by atoms with Crippen molar-refractivity contribution in [2.24, 2.45) is 0 Å². The number of rotatable bonds is 0. The summed E-state index contributed by atoms with van der Waals surface area (Å²) in [7, 11) is 0. The molecular formula is C9H6N4. The Bertz CT molecular complexity index is 570. The lowest BCUT2D eigenvalue weighted by Crippen LogP contribution is -1.92. The van der Waals surface area contributed by atoms with Crippen molar-refractivity contribution in [1.82, 2.24) is 19.6 Å². The van der Waals surface area contributed by atoms with Crippen molar-refractivity contribution in [2.75, 3.05) is 0 Å². The fraction of sp³-hybridized carbons (Fsp3) is 0. The molecule has 0 N–H and O–H groups in total. The zero-order valence-electron chi connectivity index (χ0n) is 6.75. The highest BCUT2D eigenvalue weighted by Crippen LogP contribution is 2.11. The van der Waals surface area contributed by atoms with Gasteiger partial charge in [-0.1, -0.05) is 0 Å². The largest absolute Gasteiger partial charge is 0.262 e. The van der Waals surface area contributed by atoms with Gasteiger partial charge in [-0.3, -0.25) is 4.98 Å². The van der Waals surface area contributed by atoms with Crippen molar-refractivity contribution in [3.8, 4) is 0 Å². The van der Waals surface area contributed by atoms with Crippen LogP contribution in [-0.2, 0) is 0 Å². The lowest BCUT2D eigenvalue weighted by Gasteiger charge is -1.98. The highest BCUT2D eigenvalue weighted by atomic mass is 15.2. The molecule has 0 aliphatic carbocycles. The quantitative estimate of drug-likeness (QED) is 0.510. The first kappa shape index (κ1) is 6.54. The molecule has 3 aromatic heterocycles. The molecule has 0 spiro atoms. The van der Waals surface area contributed by atoms with Gasteiger partial charge in [0.2, 0.25) is 0 Å². The summed E-state index contributed by atoms with van der Waals surface area (Å²) in [6, 6.07) is 3.79. The molecule has 4 nitrogen and oxygen atoms in total. The third-order valence-electron chi connectivity index (χ3n) is 2.02. The van der Waals surface area contributed by atoms with E-state index in [0.29, 0.717) is 0 Å². The minimum atomic E-state index is 0.848. The molecule has 4 heteroatoms. The van der Waals surface area contributed by atoms with Gasteiger partial charge in [0.15, 0.2) is 5.65 Å². The van der Waals surface area contributed by atoms with Crippen LogP contribution in [0.25, 0.3) is 16.6 Å². The predicted molar refractivity (Wildman–Crippen MR) is 48.3 cm³/mol. The summed E-state index contributed by atoms with van der Waals surface area (Å²) in [5.41, 5.74) is 1.83. The SMILES string of the molecule is c1cc2cnc3ccnn3c2cn1. The van der Waals surface area contributed by atoms with Crippen LogP contribution in [0.5, 0.6) is 0 Å². The summed E-state index contributed by atoms with van der Waals surface area (Å²) in [4.78, 5) is 8.30. The van der Waals surface area contributed by atoms with E-state index >= 15 is 0 Å². The Balaban J connectivity index is 2.65. The standard InChI is InChI=1S/C9H6N4/c1-3-10-6-8-7(1)5-11-9-2-4-12-13(8)9/h1-6H. The lowest BCUT2D eigenvalue weighted by molar-refractivity contribution is 0.979. The molecule has 0 aliphatic heterocycles. The molecule has 0 fully saturated rings. The zero-order valence-corrected chi connectivity index (χ0v) is 6.75. The fourth-order valence-corrected chi connectivity index (χ4v) is 1.40. The van der Waals surface area contributed by atoms with Crippen LogP contribution in [0.3, 0.4) is 0 Å². The first-order valence-corrected chi connectivity index (χ1v) is 3.97. The molecule has 0 aromatic carbocycles. The van der Waals surface area contributed by atoms with Gasteiger partial charge in [-0.05, 0) is 6.07 Å². The molecule has 0 amide bonds. The third kappa shape index (κ3) is 0.823. The number of hydrogen-bond acceptors (Lipinski definition) is 3. The monoisotopic (exact) mass is 170 g/mol. The first-order chi connectivity index (χ1) is 6.45. The number of hydrogen-bond donors (Lipinski definition) is 0. The van der Waals surface area contributed by atoms with Gasteiger partial charge in [0.25, 0.3) is 0 Å². The Hall–Kier alpha value is -1.97. The van der Waals surface area contributed by atoms with Crippen LogP contribution in [0.15, 0.2) is 36.9 Å². The molecule has 0 aliphatic rings. The van der Waals surface area contributed by atoms with Crippen LogP contribution < -0.4 is 0 Å². The van der Waals surface area contributed by atoms with Crippen molar-refractivity contribution >= 4 is 16.6 Å². The molecule has 62 valence electrons. The highest BCUT2D eigenvalue weighted by molar-refractivity contribution is 5.78. The number of aromatic nitrogens is 4. The third-order valence-corrected chi connectivity index (χ3v) is 2.02. The number of nitrogens with zero attached hydrogens (tertiary/aromatic N) is 4. The van der Waals surface area contributed by atoms with Crippen molar-refractivity contribution in [3.63, 3.8) is 0 Å². The maximum Gasteiger partial charge on any atom is 0.155 e. The second-order valence-corrected chi connectivity index (χ2v) is 2.79. The molecule has 0 unspecified atom stereocenters. The van der Waals surface area contributed by atoms with Gasteiger partial charge < -0.3 is 0 Å². The Morgan fingerprint density at radius 3 is 3.08 bits per heavy atom. The van der Waals surface area contributed by atoms with Crippen LogP contribution in [0.4, 0.5) is 0 Å². The Labute approximate surface area is 73.9 Å². The van der Waals surface area contributed by atoms with E-state index in [-0.39, 0.29) is 0 Å². The van der Waals surface area contributed by atoms with Gasteiger partial charge in [0.05, 0.1) is 17.9 Å². The Morgan fingerprint density at radius 2 is 2.08 bits per heavy atom. The average Bonchev–Trinajstić information content (AvgIpc) is 2.65. The van der Waals surface area contributed by atoms with E-state index in [9.17, 15) is 0 Å². The van der Waals surface area contributed by atoms with Gasteiger partial charge in [0, 0.05) is 23.8 Å². The summed E-state index contributed by atoms with van der Waals surface area (Å²) < 4.78 is 1.78. The van der Waals surface area contributed by atoms with Gasteiger partial charge in [-0.25, -0.2) is 9.50 Å². The van der Waals surface area contributed by atoms with Crippen LogP contribution >= 0.6 is 0 Å². The smallest absolute Gasteiger partial charge is 0.155 e. The fourth-order valence-electron chi connectivity index (χ4n) is 1.40. The van der Waals surface area contributed by atoms with Crippen LogP contribution in [0, 0.1) is 0 Å². The molecule has 3 rings (SSSR count). The van der Waals surface area contributed by atoms with E-state index in [4.69, 9.17) is 0 Å². The van der Waals surface area contributed by atoms with Gasteiger partial charge >= 0.3 is 0 Å². The molecule has 13 heavy (non-hydrogen) atoms. The Morgan fingerprint density at radius 1 is 1.08 bits per heavy atom. The van der Waals surface area contributed by atoms with E-state index < -0.39 is 0 Å². The summed E-state index contributed by atoms with van der Waals surface area (Å²) >= 11 is 0. The summed E-state index contributed by atoms with van der Waals surface area (Å²) in [5, 5.41) is 5.21. The van der Waals surface area contributed by atoms with Gasteiger partial charge in [0.1, 0.15) is 0 Å². The Kier molecular flexibility index (Phi) is 1.14. The molecule has 0 atom stereocenters. The zero-order chi connectivity index (χ0) is 8.67. The van der Waals surface area contributed by atoms with Crippen molar-refractivity contribution in [3.05, 3.63) is 36.9 Å². The lowest BCUT2D eigenvalue weighted by atomic mass is 10.3. The van der Waals surface area contributed by atoms with E-state index in [0.717, 1.165) is 16.6 Å². The number of pyridine rings is 1. The molecule has 0 radical (unpaired) electrons. The topological polar surface area (TPSA) is 43.1 Å². The summed E-state index contributed by atoms with van der Waals surface area (Å²) in [6.45, 7) is 0. The molecule has 0 bridgehead atoms. The maximum atomic E-state index is 4.24. The minimum Gasteiger partial charge on any atom is -0.262 e. The van der Waals surface area contributed by atoms with Crippen LogP contribution in [0.2, 0.25) is 0 Å². The summed E-state index contributed by atoms with van der Waals surface area (Å²) in [6.07, 6.45) is 7.10. The molecule has 0 saturated carbocycles. The second-order valence-electron chi connectivity index (χ2n) is 2.79. The van der Waals surface area contributed by atoms with Crippen LogP contribution in [-0.4, -0.2) is 19.6 Å². The minimum absolute atomic E-state index is 0.848. The maximum absolute atomic E-state index is 4.24.